The van der Waals surface area contributed by atoms with Gasteiger partial charge in [0.05, 0.1) is 18.8 Å². The second-order valence-corrected chi connectivity index (χ2v) is 7.24. The lowest BCUT2D eigenvalue weighted by Crippen LogP contribution is -2.30. The Labute approximate surface area is 197 Å². The molecule has 176 valence electrons. The quantitative estimate of drug-likeness (QED) is 0.150. The zero-order valence-corrected chi connectivity index (χ0v) is 19.3. The molecule has 0 radical (unpaired) electrons. The number of fused-ring (bicyclic) bond motifs is 1. The minimum absolute atomic E-state index is 0.0635. The van der Waals surface area contributed by atoms with E-state index in [0.717, 1.165) is 5.56 Å². The number of pyridine rings is 1. The number of carbonyl (C=O) groups is 2. The van der Waals surface area contributed by atoms with Crippen LogP contribution in [0.2, 0.25) is 0 Å². The van der Waals surface area contributed by atoms with Gasteiger partial charge >= 0.3 is 11.9 Å². The van der Waals surface area contributed by atoms with Crippen LogP contribution in [-0.2, 0) is 25.6 Å². The van der Waals surface area contributed by atoms with Crippen LogP contribution < -0.4 is 10.5 Å². The first-order valence-electron chi connectivity index (χ1n) is 11.0. The molecule has 0 atom stereocenters. The molecule has 0 bridgehead atoms. The van der Waals surface area contributed by atoms with E-state index in [4.69, 9.17) is 14.5 Å². The van der Waals surface area contributed by atoms with Gasteiger partial charge in [-0.3, -0.25) is 9.20 Å². The maximum atomic E-state index is 13.5. The number of esters is 2. The SMILES string of the molecule is C=CCN(Cc1ccccc1)c1nc2ccccn2c(=O)c1C=C(C(=O)OCC)C(=O)OCC. The lowest BCUT2D eigenvalue weighted by atomic mass is 10.1. The summed E-state index contributed by atoms with van der Waals surface area (Å²) in [5.41, 5.74) is 0.672. The number of benzene rings is 1. The lowest BCUT2D eigenvalue weighted by Gasteiger charge is -2.24. The molecule has 8 nitrogen and oxygen atoms in total. The van der Waals surface area contributed by atoms with Gasteiger partial charge in [0.15, 0.2) is 0 Å². The molecular weight excluding hydrogens is 434 g/mol. The summed E-state index contributed by atoms with van der Waals surface area (Å²) in [6.07, 6.45) is 4.49. The largest absolute Gasteiger partial charge is 0.462 e. The molecule has 2 aromatic heterocycles. The fourth-order valence-corrected chi connectivity index (χ4v) is 3.41. The van der Waals surface area contributed by atoms with E-state index in [9.17, 15) is 14.4 Å². The van der Waals surface area contributed by atoms with Crippen molar-refractivity contribution in [3.8, 4) is 0 Å². The molecule has 3 aromatic rings. The van der Waals surface area contributed by atoms with Crippen molar-refractivity contribution in [2.45, 2.75) is 20.4 Å². The third-order valence-electron chi connectivity index (χ3n) is 4.89. The van der Waals surface area contributed by atoms with Crippen molar-refractivity contribution >= 4 is 29.5 Å². The number of ether oxygens (including phenoxy) is 2. The number of rotatable bonds is 10. The molecule has 0 amide bonds. The molecular formula is C26H27N3O5. The molecule has 34 heavy (non-hydrogen) atoms. The van der Waals surface area contributed by atoms with Crippen molar-refractivity contribution in [3.05, 3.63) is 94.4 Å². The zero-order valence-electron chi connectivity index (χ0n) is 19.3. The molecule has 0 aliphatic rings. The summed E-state index contributed by atoms with van der Waals surface area (Å²) in [4.78, 5) is 45.3. The van der Waals surface area contributed by atoms with Crippen LogP contribution in [0.1, 0.15) is 25.0 Å². The summed E-state index contributed by atoms with van der Waals surface area (Å²) >= 11 is 0. The highest BCUT2D eigenvalue weighted by molar-refractivity contribution is 6.18. The van der Waals surface area contributed by atoms with Crippen molar-refractivity contribution in [1.82, 2.24) is 9.38 Å². The number of aromatic nitrogens is 2. The summed E-state index contributed by atoms with van der Waals surface area (Å²) in [6, 6.07) is 14.9. The average molecular weight is 462 g/mol. The van der Waals surface area contributed by atoms with Gasteiger partial charge in [0.1, 0.15) is 17.0 Å². The molecule has 2 heterocycles. The number of carbonyl (C=O) groups excluding carboxylic acids is 2. The maximum absolute atomic E-state index is 13.5. The third kappa shape index (κ3) is 5.58. The molecule has 1 aromatic carbocycles. The molecule has 0 saturated heterocycles. The van der Waals surface area contributed by atoms with Crippen LogP contribution >= 0.6 is 0 Å². The first-order valence-corrected chi connectivity index (χ1v) is 11.0. The first kappa shape index (κ1) is 24.4. The molecule has 0 fully saturated rings. The van der Waals surface area contributed by atoms with E-state index in [1.54, 1.807) is 44.3 Å². The molecule has 8 heteroatoms. The Morgan fingerprint density at radius 2 is 1.68 bits per heavy atom. The first-order chi connectivity index (χ1) is 16.5. The standard InChI is InChI=1S/C26H27N3O5/c1-4-15-28(18-19-12-8-7-9-13-19)23-20(24(30)29-16-11-10-14-22(29)27-23)17-21(25(31)33-5-2)26(32)34-6-3/h4,7-14,16-17H,1,5-6,15,18H2,2-3H3. The molecule has 0 unspecified atom stereocenters. The van der Waals surface area contributed by atoms with Gasteiger partial charge in [-0.2, -0.15) is 0 Å². The Hall–Kier alpha value is -4.20. The maximum Gasteiger partial charge on any atom is 0.345 e. The van der Waals surface area contributed by atoms with Crippen LogP contribution in [0.3, 0.4) is 0 Å². The van der Waals surface area contributed by atoms with E-state index in [0.29, 0.717) is 24.6 Å². The van der Waals surface area contributed by atoms with Gasteiger partial charge in [0.25, 0.3) is 5.56 Å². The molecule has 0 aliphatic heterocycles. The zero-order chi connectivity index (χ0) is 24.5. The summed E-state index contributed by atoms with van der Waals surface area (Å²) in [7, 11) is 0. The normalized spacial score (nSPS) is 10.4. The van der Waals surface area contributed by atoms with Crippen molar-refractivity contribution in [3.63, 3.8) is 0 Å². The molecule has 0 saturated carbocycles. The van der Waals surface area contributed by atoms with Gasteiger partial charge in [-0.15, -0.1) is 6.58 Å². The second kappa shape index (κ2) is 11.6. The third-order valence-corrected chi connectivity index (χ3v) is 4.89. The van der Waals surface area contributed by atoms with E-state index < -0.39 is 17.5 Å². The number of hydrogen-bond donors (Lipinski definition) is 0. The van der Waals surface area contributed by atoms with E-state index in [2.05, 4.69) is 6.58 Å². The van der Waals surface area contributed by atoms with Crippen LogP contribution in [0.15, 0.2) is 77.8 Å². The average Bonchev–Trinajstić information content (AvgIpc) is 2.84. The topological polar surface area (TPSA) is 90.2 Å². The van der Waals surface area contributed by atoms with Crippen molar-refractivity contribution in [1.29, 1.82) is 0 Å². The van der Waals surface area contributed by atoms with Gasteiger partial charge in [-0.05, 0) is 37.6 Å². The Morgan fingerprint density at radius 3 is 2.29 bits per heavy atom. The fourth-order valence-electron chi connectivity index (χ4n) is 3.41. The number of nitrogens with zero attached hydrogens (tertiary/aromatic N) is 3. The summed E-state index contributed by atoms with van der Waals surface area (Å²) in [6.45, 7) is 8.02. The smallest absolute Gasteiger partial charge is 0.345 e. The summed E-state index contributed by atoms with van der Waals surface area (Å²) in [5, 5.41) is 0. The monoisotopic (exact) mass is 461 g/mol. The second-order valence-electron chi connectivity index (χ2n) is 7.24. The van der Waals surface area contributed by atoms with Gasteiger partial charge in [-0.1, -0.05) is 42.5 Å². The van der Waals surface area contributed by atoms with Crippen LogP contribution in [0.5, 0.6) is 0 Å². The van der Waals surface area contributed by atoms with E-state index in [1.807, 2.05) is 35.2 Å². The van der Waals surface area contributed by atoms with Crippen LogP contribution in [-0.4, -0.2) is 41.1 Å². The summed E-state index contributed by atoms with van der Waals surface area (Å²) < 4.78 is 11.5. The van der Waals surface area contributed by atoms with Gasteiger partial charge in [0, 0.05) is 19.3 Å². The molecule has 0 aliphatic carbocycles. The van der Waals surface area contributed by atoms with Crippen LogP contribution in [0.4, 0.5) is 5.82 Å². The highest BCUT2D eigenvalue weighted by Gasteiger charge is 2.25. The van der Waals surface area contributed by atoms with E-state index in [1.165, 1.54) is 10.5 Å². The fraction of sp³-hybridized carbons (Fsp3) is 0.231. The van der Waals surface area contributed by atoms with Crippen LogP contribution in [0.25, 0.3) is 11.7 Å². The van der Waals surface area contributed by atoms with Crippen LogP contribution in [0, 0.1) is 0 Å². The number of anilines is 1. The molecule has 0 N–H and O–H groups in total. The Kier molecular flexibility index (Phi) is 8.34. The molecule has 3 rings (SSSR count). The van der Waals surface area contributed by atoms with Gasteiger partial charge < -0.3 is 14.4 Å². The predicted molar refractivity (Wildman–Crippen MR) is 130 cm³/mol. The predicted octanol–water partition coefficient (Wildman–Crippen LogP) is 3.40. The molecule has 0 spiro atoms. The summed E-state index contributed by atoms with van der Waals surface area (Å²) in [5.74, 6) is -1.43. The Morgan fingerprint density at radius 1 is 1.03 bits per heavy atom. The minimum atomic E-state index is -0.872. The lowest BCUT2D eigenvalue weighted by molar-refractivity contribution is -0.146. The van der Waals surface area contributed by atoms with Crippen molar-refractivity contribution < 1.29 is 19.1 Å². The van der Waals surface area contributed by atoms with Crippen molar-refractivity contribution in [2.75, 3.05) is 24.7 Å². The Balaban J connectivity index is 2.27. The van der Waals surface area contributed by atoms with Crippen molar-refractivity contribution in [2.24, 2.45) is 0 Å². The Bertz CT molecular complexity index is 1240. The highest BCUT2D eigenvalue weighted by Crippen LogP contribution is 2.22. The van der Waals surface area contributed by atoms with E-state index >= 15 is 0 Å². The van der Waals surface area contributed by atoms with Gasteiger partial charge in [0.2, 0.25) is 0 Å². The minimum Gasteiger partial charge on any atom is -0.462 e. The van der Waals surface area contributed by atoms with Gasteiger partial charge in [-0.25, -0.2) is 14.6 Å². The highest BCUT2D eigenvalue weighted by atomic mass is 16.6. The number of hydrogen-bond acceptors (Lipinski definition) is 7. The van der Waals surface area contributed by atoms with E-state index in [-0.39, 0.29) is 24.4 Å².